The van der Waals surface area contributed by atoms with Gasteiger partial charge >= 0.3 is 0 Å². The van der Waals surface area contributed by atoms with Crippen molar-refractivity contribution in [2.45, 2.75) is 31.7 Å². The third kappa shape index (κ3) is 3.75. The molecule has 0 radical (unpaired) electrons. The van der Waals surface area contributed by atoms with Crippen LogP contribution in [-0.4, -0.2) is 24.6 Å². The van der Waals surface area contributed by atoms with Crippen LogP contribution in [0, 0.1) is 5.92 Å². The highest BCUT2D eigenvalue weighted by Gasteiger charge is 2.29. The Morgan fingerprint density at radius 1 is 1.29 bits per heavy atom. The summed E-state index contributed by atoms with van der Waals surface area (Å²) in [5, 5.41) is 3.69. The standard InChI is InChI=1S/C15H23NS/c1-12(11-17-2)10-16-15-8-14(9-15)13-6-4-3-5-7-13/h3-7,12,14-16H,8-11H2,1-2H3. The molecule has 0 spiro atoms. The lowest BCUT2D eigenvalue weighted by Gasteiger charge is -2.37. The predicted octanol–water partition coefficient (Wildman–Crippen LogP) is 3.52. The van der Waals surface area contributed by atoms with Crippen LogP contribution < -0.4 is 5.32 Å². The van der Waals surface area contributed by atoms with E-state index in [4.69, 9.17) is 0 Å². The maximum atomic E-state index is 3.69. The van der Waals surface area contributed by atoms with Gasteiger partial charge in [0.2, 0.25) is 0 Å². The molecule has 1 aromatic carbocycles. The van der Waals surface area contributed by atoms with Crippen LogP contribution in [0.25, 0.3) is 0 Å². The van der Waals surface area contributed by atoms with Crippen molar-refractivity contribution in [1.29, 1.82) is 0 Å². The summed E-state index contributed by atoms with van der Waals surface area (Å²) in [5.41, 5.74) is 1.52. The summed E-state index contributed by atoms with van der Waals surface area (Å²) >= 11 is 1.94. The second-order valence-electron chi connectivity index (χ2n) is 5.24. The summed E-state index contributed by atoms with van der Waals surface area (Å²) in [6.07, 6.45) is 4.82. The monoisotopic (exact) mass is 249 g/mol. The molecule has 0 aliphatic heterocycles. The van der Waals surface area contributed by atoms with E-state index < -0.39 is 0 Å². The summed E-state index contributed by atoms with van der Waals surface area (Å²) < 4.78 is 0. The van der Waals surface area contributed by atoms with Crippen LogP contribution in [0.5, 0.6) is 0 Å². The molecule has 1 saturated carbocycles. The molecule has 1 nitrogen and oxygen atoms in total. The topological polar surface area (TPSA) is 12.0 Å². The van der Waals surface area contributed by atoms with Crippen molar-refractivity contribution in [1.82, 2.24) is 5.32 Å². The van der Waals surface area contributed by atoms with Crippen molar-refractivity contribution < 1.29 is 0 Å². The summed E-state index contributed by atoms with van der Waals surface area (Å²) in [6.45, 7) is 3.50. The number of rotatable bonds is 6. The molecule has 0 saturated heterocycles. The van der Waals surface area contributed by atoms with Crippen LogP contribution in [0.4, 0.5) is 0 Å². The van der Waals surface area contributed by atoms with Crippen molar-refractivity contribution in [3.8, 4) is 0 Å². The number of hydrogen-bond acceptors (Lipinski definition) is 2. The minimum absolute atomic E-state index is 0.754. The van der Waals surface area contributed by atoms with Crippen molar-refractivity contribution >= 4 is 11.8 Å². The summed E-state index contributed by atoms with van der Waals surface area (Å²) in [7, 11) is 0. The molecule has 2 rings (SSSR count). The fourth-order valence-corrected chi connectivity index (χ4v) is 3.18. The number of hydrogen-bond donors (Lipinski definition) is 1. The largest absolute Gasteiger partial charge is 0.314 e. The first-order valence-electron chi connectivity index (χ1n) is 6.57. The van der Waals surface area contributed by atoms with Gasteiger partial charge in [0.1, 0.15) is 0 Å². The predicted molar refractivity (Wildman–Crippen MR) is 77.8 cm³/mol. The van der Waals surface area contributed by atoms with Crippen LogP contribution in [0.1, 0.15) is 31.2 Å². The quantitative estimate of drug-likeness (QED) is 0.828. The minimum atomic E-state index is 0.754. The Balaban J connectivity index is 1.66. The maximum absolute atomic E-state index is 3.69. The number of thioether (sulfide) groups is 1. The van der Waals surface area contributed by atoms with Crippen LogP contribution in [-0.2, 0) is 0 Å². The lowest BCUT2D eigenvalue weighted by molar-refractivity contribution is 0.282. The average Bonchev–Trinajstić information content (AvgIpc) is 2.28. The molecule has 0 amide bonds. The van der Waals surface area contributed by atoms with E-state index in [9.17, 15) is 0 Å². The molecule has 1 aliphatic rings. The van der Waals surface area contributed by atoms with Gasteiger partial charge in [-0.25, -0.2) is 0 Å². The lowest BCUT2D eigenvalue weighted by atomic mass is 9.76. The van der Waals surface area contributed by atoms with E-state index in [0.29, 0.717) is 0 Å². The molecule has 1 atom stereocenters. The highest BCUT2D eigenvalue weighted by atomic mass is 32.2. The van der Waals surface area contributed by atoms with Gasteiger partial charge < -0.3 is 5.32 Å². The Morgan fingerprint density at radius 2 is 2.00 bits per heavy atom. The molecule has 0 bridgehead atoms. The molecule has 0 heterocycles. The molecule has 1 unspecified atom stereocenters. The van der Waals surface area contributed by atoms with E-state index in [2.05, 4.69) is 48.8 Å². The highest BCUT2D eigenvalue weighted by molar-refractivity contribution is 7.98. The second kappa shape index (κ2) is 6.46. The maximum Gasteiger partial charge on any atom is 0.00788 e. The Bertz CT molecular complexity index is 319. The smallest absolute Gasteiger partial charge is 0.00788 e. The third-order valence-electron chi connectivity index (χ3n) is 3.62. The first-order valence-corrected chi connectivity index (χ1v) is 7.96. The lowest BCUT2D eigenvalue weighted by Crippen LogP contribution is -2.42. The summed E-state index contributed by atoms with van der Waals surface area (Å²) in [5.74, 6) is 2.85. The van der Waals surface area contributed by atoms with Gasteiger partial charge in [0.05, 0.1) is 0 Å². The van der Waals surface area contributed by atoms with E-state index >= 15 is 0 Å². The Labute approximate surface area is 109 Å². The molecule has 1 N–H and O–H groups in total. The van der Waals surface area contributed by atoms with Gasteiger partial charge in [-0.1, -0.05) is 37.3 Å². The Kier molecular flexibility index (Phi) is 4.93. The molecule has 0 aromatic heterocycles. The molecule has 1 aliphatic carbocycles. The summed E-state index contributed by atoms with van der Waals surface area (Å²) in [4.78, 5) is 0. The molecular formula is C15H23NS. The SMILES string of the molecule is CSCC(C)CNC1CC(c2ccccc2)C1. The van der Waals surface area contributed by atoms with Gasteiger partial charge in [-0.3, -0.25) is 0 Å². The zero-order valence-electron chi connectivity index (χ0n) is 10.9. The van der Waals surface area contributed by atoms with Gasteiger partial charge in [-0.2, -0.15) is 11.8 Å². The zero-order valence-corrected chi connectivity index (χ0v) is 11.7. The molecule has 1 aromatic rings. The van der Waals surface area contributed by atoms with Crippen LogP contribution in [0.3, 0.4) is 0 Å². The molecule has 2 heteroatoms. The van der Waals surface area contributed by atoms with Gasteiger partial charge in [0.25, 0.3) is 0 Å². The normalized spacial score (nSPS) is 25.3. The zero-order chi connectivity index (χ0) is 12.1. The first kappa shape index (κ1) is 13.0. The van der Waals surface area contributed by atoms with Crippen molar-refractivity contribution in [3.05, 3.63) is 35.9 Å². The van der Waals surface area contributed by atoms with Gasteiger partial charge in [0, 0.05) is 6.04 Å². The molecule has 94 valence electrons. The van der Waals surface area contributed by atoms with E-state index in [0.717, 1.165) is 17.9 Å². The minimum Gasteiger partial charge on any atom is -0.314 e. The van der Waals surface area contributed by atoms with Gasteiger partial charge in [0.15, 0.2) is 0 Å². The van der Waals surface area contributed by atoms with Crippen molar-refractivity contribution in [2.24, 2.45) is 5.92 Å². The first-order chi connectivity index (χ1) is 8.29. The van der Waals surface area contributed by atoms with Crippen LogP contribution in [0.2, 0.25) is 0 Å². The Morgan fingerprint density at radius 3 is 2.65 bits per heavy atom. The van der Waals surface area contributed by atoms with Crippen LogP contribution >= 0.6 is 11.8 Å². The van der Waals surface area contributed by atoms with Gasteiger partial charge in [-0.15, -0.1) is 0 Å². The van der Waals surface area contributed by atoms with Crippen LogP contribution in [0.15, 0.2) is 30.3 Å². The fraction of sp³-hybridized carbons (Fsp3) is 0.600. The molecule has 1 fully saturated rings. The highest BCUT2D eigenvalue weighted by Crippen LogP contribution is 2.36. The van der Waals surface area contributed by atoms with E-state index in [1.54, 1.807) is 0 Å². The number of benzene rings is 1. The molecular weight excluding hydrogens is 226 g/mol. The van der Waals surface area contributed by atoms with E-state index in [1.165, 1.54) is 30.7 Å². The van der Waals surface area contributed by atoms with Crippen molar-refractivity contribution in [3.63, 3.8) is 0 Å². The van der Waals surface area contributed by atoms with Crippen molar-refractivity contribution in [2.75, 3.05) is 18.6 Å². The Hall–Kier alpha value is -0.470. The van der Waals surface area contributed by atoms with E-state index in [-0.39, 0.29) is 0 Å². The summed E-state index contributed by atoms with van der Waals surface area (Å²) in [6, 6.07) is 11.7. The fourth-order valence-electron chi connectivity index (χ4n) is 2.49. The molecule has 17 heavy (non-hydrogen) atoms. The van der Waals surface area contributed by atoms with Gasteiger partial charge in [-0.05, 0) is 48.8 Å². The second-order valence-corrected chi connectivity index (χ2v) is 6.16. The third-order valence-corrected chi connectivity index (χ3v) is 4.52. The number of nitrogens with one attached hydrogen (secondary N) is 1. The van der Waals surface area contributed by atoms with E-state index in [1.807, 2.05) is 11.8 Å². The average molecular weight is 249 g/mol.